The van der Waals surface area contributed by atoms with Crippen molar-refractivity contribution in [2.24, 2.45) is 0 Å². The number of carbonyl (C=O) groups excluding carboxylic acids is 2. The number of benzene rings is 2. The Morgan fingerprint density at radius 2 is 2.09 bits per heavy atom. The Labute approximate surface area is 195 Å². The van der Waals surface area contributed by atoms with Gasteiger partial charge in [-0.05, 0) is 43.3 Å². The number of methoxy groups -OCH3 is 1. The predicted octanol–water partition coefficient (Wildman–Crippen LogP) is 1.52. The van der Waals surface area contributed by atoms with Gasteiger partial charge in [0.25, 0.3) is 11.5 Å². The number of carbonyl (C=O) groups is 2. The summed E-state index contributed by atoms with van der Waals surface area (Å²) in [6.07, 6.45) is 2.43. The second-order valence-corrected chi connectivity index (χ2v) is 8.33. The van der Waals surface area contributed by atoms with E-state index in [0.717, 1.165) is 16.7 Å². The number of hydrogen-bond acceptors (Lipinski definition) is 7. The summed E-state index contributed by atoms with van der Waals surface area (Å²) >= 11 is 0. The molecule has 0 aliphatic carbocycles. The fourth-order valence-corrected chi connectivity index (χ4v) is 4.38. The van der Waals surface area contributed by atoms with E-state index < -0.39 is 0 Å². The molecular formula is C24H25N5O5. The molecule has 10 nitrogen and oxygen atoms in total. The van der Waals surface area contributed by atoms with E-state index in [1.54, 1.807) is 28.7 Å². The maximum absolute atomic E-state index is 12.6. The molecule has 1 saturated heterocycles. The van der Waals surface area contributed by atoms with Crippen molar-refractivity contribution in [3.05, 3.63) is 52.9 Å². The Morgan fingerprint density at radius 1 is 1.21 bits per heavy atom. The van der Waals surface area contributed by atoms with Crippen molar-refractivity contribution in [1.82, 2.24) is 14.9 Å². The summed E-state index contributed by atoms with van der Waals surface area (Å²) < 4.78 is 12.4. The number of rotatable bonds is 7. The zero-order chi connectivity index (χ0) is 23.7. The maximum atomic E-state index is 12.6. The van der Waals surface area contributed by atoms with Gasteiger partial charge in [-0.1, -0.05) is 0 Å². The van der Waals surface area contributed by atoms with Crippen LogP contribution >= 0.6 is 0 Å². The largest absolute Gasteiger partial charge is 0.497 e. The van der Waals surface area contributed by atoms with Gasteiger partial charge in [-0.3, -0.25) is 14.4 Å². The van der Waals surface area contributed by atoms with Crippen molar-refractivity contribution in [2.45, 2.75) is 25.4 Å². The minimum atomic E-state index is -0.212. The third-order valence-electron chi connectivity index (χ3n) is 6.08. The van der Waals surface area contributed by atoms with Gasteiger partial charge < -0.3 is 29.6 Å². The van der Waals surface area contributed by atoms with Gasteiger partial charge in [-0.2, -0.15) is 0 Å². The first-order valence-electron chi connectivity index (χ1n) is 11.2. The summed E-state index contributed by atoms with van der Waals surface area (Å²) in [6, 6.07) is 10.8. The number of hydrogen-bond donors (Lipinski definition) is 2. The Hall–Kier alpha value is -3.92. The van der Waals surface area contributed by atoms with Crippen molar-refractivity contribution < 1.29 is 19.1 Å². The van der Waals surface area contributed by atoms with Crippen molar-refractivity contribution in [3.8, 4) is 11.5 Å². The van der Waals surface area contributed by atoms with E-state index in [1.165, 1.54) is 6.20 Å². The Morgan fingerprint density at radius 3 is 2.94 bits per heavy atom. The minimum absolute atomic E-state index is 0.000346. The van der Waals surface area contributed by atoms with Crippen LogP contribution in [0.2, 0.25) is 0 Å². The predicted molar refractivity (Wildman–Crippen MR) is 126 cm³/mol. The highest BCUT2D eigenvalue weighted by Gasteiger charge is 2.31. The van der Waals surface area contributed by atoms with Gasteiger partial charge in [-0.15, -0.1) is 0 Å². The molecule has 2 aromatic carbocycles. The quantitative estimate of drug-likeness (QED) is 0.511. The highest BCUT2D eigenvalue weighted by Crippen LogP contribution is 2.33. The number of nitrogens with zero attached hydrogens (tertiary/aromatic N) is 3. The molecule has 0 saturated carbocycles. The van der Waals surface area contributed by atoms with Crippen LogP contribution in [0.25, 0.3) is 11.0 Å². The van der Waals surface area contributed by atoms with E-state index in [2.05, 4.69) is 15.6 Å². The van der Waals surface area contributed by atoms with Crippen LogP contribution in [-0.4, -0.2) is 54.2 Å². The summed E-state index contributed by atoms with van der Waals surface area (Å²) in [4.78, 5) is 42.5. The minimum Gasteiger partial charge on any atom is -0.497 e. The van der Waals surface area contributed by atoms with Gasteiger partial charge in [0, 0.05) is 37.3 Å². The Balaban J connectivity index is 1.20. The van der Waals surface area contributed by atoms with Crippen LogP contribution < -0.4 is 30.6 Å². The van der Waals surface area contributed by atoms with Crippen molar-refractivity contribution >= 4 is 34.2 Å². The molecule has 0 radical (unpaired) electrons. The molecule has 3 aromatic rings. The molecule has 0 spiro atoms. The van der Waals surface area contributed by atoms with Crippen LogP contribution in [0.15, 0.2) is 47.4 Å². The molecule has 1 aromatic heterocycles. The molecule has 34 heavy (non-hydrogen) atoms. The van der Waals surface area contributed by atoms with Gasteiger partial charge in [0.2, 0.25) is 5.91 Å². The van der Waals surface area contributed by atoms with Crippen LogP contribution in [0.5, 0.6) is 11.5 Å². The molecule has 176 valence electrons. The average molecular weight is 463 g/mol. The molecule has 0 unspecified atom stereocenters. The van der Waals surface area contributed by atoms with Crippen molar-refractivity contribution in [3.63, 3.8) is 0 Å². The highest BCUT2D eigenvalue weighted by atomic mass is 16.5. The molecule has 2 N–H and O–H groups in total. The van der Waals surface area contributed by atoms with E-state index in [0.29, 0.717) is 49.7 Å². The number of ether oxygens (including phenoxy) is 2. The zero-order valence-electron chi connectivity index (χ0n) is 18.7. The van der Waals surface area contributed by atoms with Crippen LogP contribution in [0, 0.1) is 0 Å². The third-order valence-corrected chi connectivity index (χ3v) is 6.08. The van der Waals surface area contributed by atoms with Gasteiger partial charge in [-0.25, -0.2) is 4.98 Å². The molecule has 2 aliphatic rings. The van der Waals surface area contributed by atoms with Gasteiger partial charge >= 0.3 is 0 Å². The first-order chi connectivity index (χ1) is 16.5. The van der Waals surface area contributed by atoms with Crippen LogP contribution in [0.1, 0.15) is 12.8 Å². The molecule has 0 bridgehead atoms. The second-order valence-electron chi connectivity index (χ2n) is 8.33. The van der Waals surface area contributed by atoms with Crippen LogP contribution in [-0.2, 0) is 16.1 Å². The Bertz CT molecular complexity index is 1320. The summed E-state index contributed by atoms with van der Waals surface area (Å²) in [5.41, 5.74) is 2.60. The third kappa shape index (κ3) is 4.32. The maximum Gasteiger partial charge on any atom is 0.269 e. The van der Waals surface area contributed by atoms with E-state index in [9.17, 15) is 14.4 Å². The standard InChI is InChI=1S/C24H25N5O5/c1-33-17-4-5-18-20(11-17)28(24(32)12-26-18)8-2-7-25-15-9-23(31)29(13-15)16-3-6-21-19(10-16)27-22(30)14-34-21/h3-6,10-12,15,25H,2,7-9,13-14H2,1H3,(H,27,30)/t15-/m0/s1. The number of fused-ring (bicyclic) bond motifs is 2. The second kappa shape index (κ2) is 9.14. The van der Waals surface area contributed by atoms with E-state index in [-0.39, 0.29) is 30.0 Å². The first kappa shape index (κ1) is 21.9. The lowest BCUT2D eigenvalue weighted by atomic mass is 10.2. The van der Waals surface area contributed by atoms with Crippen LogP contribution in [0.4, 0.5) is 11.4 Å². The lowest BCUT2D eigenvalue weighted by Gasteiger charge is -2.22. The number of aryl methyl sites for hydroxylation is 1. The molecule has 10 heteroatoms. The number of amides is 2. The van der Waals surface area contributed by atoms with Crippen molar-refractivity contribution in [1.29, 1.82) is 0 Å². The number of anilines is 2. The molecule has 3 heterocycles. The lowest BCUT2D eigenvalue weighted by Crippen LogP contribution is -2.34. The zero-order valence-corrected chi connectivity index (χ0v) is 18.7. The molecule has 2 aliphatic heterocycles. The average Bonchev–Trinajstić information content (AvgIpc) is 3.22. The smallest absolute Gasteiger partial charge is 0.269 e. The lowest BCUT2D eigenvalue weighted by molar-refractivity contribution is -0.118. The Kier molecular flexibility index (Phi) is 5.89. The molecule has 1 atom stereocenters. The van der Waals surface area contributed by atoms with E-state index >= 15 is 0 Å². The molecule has 5 rings (SSSR count). The number of nitrogens with one attached hydrogen (secondary N) is 2. The summed E-state index contributed by atoms with van der Waals surface area (Å²) in [5.74, 6) is 1.08. The summed E-state index contributed by atoms with van der Waals surface area (Å²) in [6.45, 7) is 1.70. The highest BCUT2D eigenvalue weighted by molar-refractivity contribution is 5.99. The molecular weight excluding hydrogens is 438 g/mol. The number of aromatic nitrogens is 2. The fraction of sp³-hybridized carbons (Fsp3) is 0.333. The molecule has 1 fully saturated rings. The van der Waals surface area contributed by atoms with Crippen molar-refractivity contribution in [2.75, 3.05) is 37.0 Å². The summed E-state index contributed by atoms with van der Waals surface area (Å²) in [7, 11) is 1.59. The monoisotopic (exact) mass is 463 g/mol. The molecule has 2 amide bonds. The van der Waals surface area contributed by atoms with E-state index in [1.807, 2.05) is 24.3 Å². The van der Waals surface area contributed by atoms with Gasteiger partial charge in [0.15, 0.2) is 6.61 Å². The van der Waals surface area contributed by atoms with E-state index in [4.69, 9.17) is 9.47 Å². The topological polar surface area (TPSA) is 115 Å². The SMILES string of the molecule is COc1ccc2ncc(=O)n(CCCN[C@H]3CC(=O)N(c4ccc5c(c4)NC(=O)CO5)C3)c2c1. The summed E-state index contributed by atoms with van der Waals surface area (Å²) in [5, 5.41) is 6.20. The fourth-order valence-electron chi connectivity index (χ4n) is 4.38. The van der Waals surface area contributed by atoms with Crippen LogP contribution in [0.3, 0.4) is 0 Å². The normalized spacial score (nSPS) is 17.4. The van der Waals surface area contributed by atoms with Gasteiger partial charge in [0.05, 0.1) is 30.0 Å². The first-order valence-corrected chi connectivity index (χ1v) is 11.2. The van der Waals surface area contributed by atoms with Gasteiger partial charge in [0.1, 0.15) is 11.5 Å².